The van der Waals surface area contributed by atoms with Gasteiger partial charge in [0.25, 0.3) is 0 Å². The van der Waals surface area contributed by atoms with E-state index in [2.05, 4.69) is 6.07 Å². The normalized spacial score (nSPS) is 14.5. The Labute approximate surface area is 81.9 Å². The monoisotopic (exact) mass is 193 g/mol. The molecule has 1 aromatic carbocycles. The van der Waals surface area contributed by atoms with Crippen molar-refractivity contribution in [1.82, 2.24) is 0 Å². The van der Waals surface area contributed by atoms with E-state index in [0.717, 1.165) is 17.0 Å². The second kappa shape index (κ2) is 3.07. The first-order valence-corrected chi connectivity index (χ1v) is 5.14. The zero-order valence-corrected chi connectivity index (χ0v) is 8.52. The minimum atomic E-state index is 0.207. The molecule has 0 amide bonds. The van der Waals surface area contributed by atoms with Crippen LogP contribution in [-0.2, 0) is 5.75 Å². The number of benzene rings is 1. The number of carbonyl (C=O) groups is 1. The molecular formula is C10H11NOS. The number of carbonyl (C=O) groups excluding carboxylic acids is 1. The Morgan fingerprint density at radius 2 is 2.15 bits per heavy atom. The number of thioether (sulfide) groups is 1. The first kappa shape index (κ1) is 8.63. The van der Waals surface area contributed by atoms with E-state index in [1.165, 1.54) is 17.3 Å². The van der Waals surface area contributed by atoms with Gasteiger partial charge in [0.15, 0.2) is 0 Å². The molecule has 0 fully saturated rings. The Morgan fingerprint density at radius 1 is 1.38 bits per heavy atom. The molecule has 1 aliphatic rings. The third kappa shape index (κ3) is 1.44. The number of hydrogen-bond acceptors (Lipinski definition) is 3. The molecule has 0 aromatic heterocycles. The van der Waals surface area contributed by atoms with Crippen LogP contribution in [0.25, 0.3) is 0 Å². The van der Waals surface area contributed by atoms with Gasteiger partial charge in [-0.2, -0.15) is 0 Å². The Bertz CT molecular complexity index is 360. The highest BCUT2D eigenvalue weighted by Crippen LogP contribution is 2.31. The zero-order chi connectivity index (χ0) is 9.42. The summed E-state index contributed by atoms with van der Waals surface area (Å²) in [7, 11) is 3.96. The highest BCUT2D eigenvalue weighted by atomic mass is 32.2. The van der Waals surface area contributed by atoms with Gasteiger partial charge in [-0.05, 0) is 17.7 Å². The van der Waals surface area contributed by atoms with Crippen molar-refractivity contribution in [2.75, 3.05) is 19.0 Å². The smallest absolute Gasteiger partial charge is 0.220 e. The second-order valence-corrected chi connectivity index (χ2v) is 4.26. The summed E-state index contributed by atoms with van der Waals surface area (Å²) >= 11 is 1.39. The molecule has 2 nitrogen and oxygen atoms in total. The number of anilines is 1. The summed E-state index contributed by atoms with van der Waals surface area (Å²) in [4.78, 5) is 13.4. The quantitative estimate of drug-likeness (QED) is 0.681. The second-order valence-electron chi connectivity index (χ2n) is 3.31. The van der Waals surface area contributed by atoms with E-state index < -0.39 is 0 Å². The SMILES string of the molecule is CN(C)c1ccc2c(c1)C(=O)SC2. The van der Waals surface area contributed by atoms with Crippen LogP contribution in [0, 0.1) is 0 Å². The van der Waals surface area contributed by atoms with E-state index in [-0.39, 0.29) is 5.12 Å². The minimum Gasteiger partial charge on any atom is -0.378 e. The van der Waals surface area contributed by atoms with Gasteiger partial charge in [-0.25, -0.2) is 0 Å². The van der Waals surface area contributed by atoms with Crippen LogP contribution in [-0.4, -0.2) is 19.2 Å². The minimum absolute atomic E-state index is 0.207. The van der Waals surface area contributed by atoms with Gasteiger partial charge in [-0.3, -0.25) is 4.79 Å². The van der Waals surface area contributed by atoms with E-state index in [0.29, 0.717) is 0 Å². The van der Waals surface area contributed by atoms with Crippen LogP contribution < -0.4 is 4.90 Å². The molecule has 0 saturated heterocycles. The van der Waals surface area contributed by atoms with Crippen LogP contribution in [0.1, 0.15) is 15.9 Å². The summed E-state index contributed by atoms with van der Waals surface area (Å²) in [5.41, 5.74) is 3.14. The van der Waals surface area contributed by atoms with Gasteiger partial charge in [-0.1, -0.05) is 17.8 Å². The summed E-state index contributed by atoms with van der Waals surface area (Å²) in [6.45, 7) is 0. The molecule has 2 rings (SSSR count). The van der Waals surface area contributed by atoms with Crippen molar-refractivity contribution < 1.29 is 4.79 Å². The lowest BCUT2D eigenvalue weighted by atomic mass is 10.1. The van der Waals surface area contributed by atoms with Gasteiger partial charge < -0.3 is 4.90 Å². The average Bonchev–Trinajstić information content (AvgIpc) is 2.47. The van der Waals surface area contributed by atoms with Crippen molar-refractivity contribution >= 4 is 22.6 Å². The third-order valence-electron chi connectivity index (χ3n) is 2.19. The predicted molar refractivity (Wildman–Crippen MR) is 56.4 cm³/mol. The van der Waals surface area contributed by atoms with Gasteiger partial charge in [0.05, 0.1) is 0 Å². The molecule has 0 radical (unpaired) electrons. The van der Waals surface area contributed by atoms with Crippen LogP contribution in [0.2, 0.25) is 0 Å². The maximum Gasteiger partial charge on any atom is 0.220 e. The molecule has 0 aliphatic carbocycles. The molecule has 0 atom stereocenters. The fourth-order valence-electron chi connectivity index (χ4n) is 1.38. The fourth-order valence-corrected chi connectivity index (χ4v) is 2.26. The maximum absolute atomic E-state index is 11.4. The van der Waals surface area contributed by atoms with Crippen molar-refractivity contribution in [3.63, 3.8) is 0 Å². The van der Waals surface area contributed by atoms with Gasteiger partial charge >= 0.3 is 0 Å². The van der Waals surface area contributed by atoms with Crippen molar-refractivity contribution in [1.29, 1.82) is 0 Å². The highest BCUT2D eigenvalue weighted by Gasteiger charge is 2.20. The molecule has 1 heterocycles. The van der Waals surface area contributed by atoms with E-state index in [1.54, 1.807) is 0 Å². The molecule has 0 saturated carbocycles. The fraction of sp³-hybridized carbons (Fsp3) is 0.300. The van der Waals surface area contributed by atoms with Crippen molar-refractivity contribution in [2.45, 2.75) is 5.75 Å². The zero-order valence-electron chi connectivity index (χ0n) is 7.70. The Kier molecular flexibility index (Phi) is 2.04. The molecule has 68 valence electrons. The van der Waals surface area contributed by atoms with E-state index in [1.807, 2.05) is 31.1 Å². The molecular weight excluding hydrogens is 182 g/mol. The summed E-state index contributed by atoms with van der Waals surface area (Å²) in [6, 6.07) is 6.07. The molecule has 3 heteroatoms. The Balaban J connectivity index is 2.48. The highest BCUT2D eigenvalue weighted by molar-refractivity contribution is 8.13. The van der Waals surface area contributed by atoms with Crippen LogP contribution in [0.15, 0.2) is 18.2 Å². The molecule has 0 spiro atoms. The largest absolute Gasteiger partial charge is 0.378 e. The molecule has 13 heavy (non-hydrogen) atoms. The standard InChI is InChI=1S/C10H11NOS/c1-11(2)8-4-3-7-6-13-10(12)9(7)5-8/h3-5H,6H2,1-2H3. The number of fused-ring (bicyclic) bond motifs is 1. The topological polar surface area (TPSA) is 20.3 Å². The van der Waals surface area contributed by atoms with Crippen LogP contribution >= 0.6 is 11.8 Å². The van der Waals surface area contributed by atoms with Crippen LogP contribution in [0.3, 0.4) is 0 Å². The number of hydrogen-bond donors (Lipinski definition) is 0. The molecule has 0 unspecified atom stereocenters. The molecule has 1 aliphatic heterocycles. The summed E-state index contributed by atoms with van der Waals surface area (Å²) in [6.07, 6.45) is 0. The number of rotatable bonds is 1. The lowest BCUT2D eigenvalue weighted by molar-refractivity contribution is 0.109. The average molecular weight is 193 g/mol. The first-order chi connectivity index (χ1) is 6.18. The van der Waals surface area contributed by atoms with Gasteiger partial charge in [0, 0.05) is 31.1 Å². The van der Waals surface area contributed by atoms with Gasteiger partial charge in [0.2, 0.25) is 5.12 Å². The van der Waals surface area contributed by atoms with Crippen LogP contribution in [0.5, 0.6) is 0 Å². The summed E-state index contributed by atoms with van der Waals surface area (Å²) in [5.74, 6) is 0.835. The van der Waals surface area contributed by atoms with Gasteiger partial charge in [-0.15, -0.1) is 0 Å². The van der Waals surface area contributed by atoms with Crippen molar-refractivity contribution in [3.05, 3.63) is 29.3 Å². The molecule has 1 aromatic rings. The van der Waals surface area contributed by atoms with Crippen molar-refractivity contribution in [2.24, 2.45) is 0 Å². The molecule has 0 N–H and O–H groups in total. The number of nitrogens with zero attached hydrogens (tertiary/aromatic N) is 1. The third-order valence-corrected chi connectivity index (χ3v) is 3.13. The lowest BCUT2D eigenvalue weighted by Gasteiger charge is -2.12. The van der Waals surface area contributed by atoms with Crippen LogP contribution in [0.4, 0.5) is 5.69 Å². The summed E-state index contributed by atoms with van der Waals surface area (Å²) in [5, 5.41) is 0.207. The van der Waals surface area contributed by atoms with Crippen molar-refractivity contribution in [3.8, 4) is 0 Å². The predicted octanol–water partition coefficient (Wildman–Crippen LogP) is 2.14. The van der Waals surface area contributed by atoms with Gasteiger partial charge in [0.1, 0.15) is 0 Å². The maximum atomic E-state index is 11.4. The lowest BCUT2D eigenvalue weighted by Crippen LogP contribution is -2.09. The van der Waals surface area contributed by atoms with E-state index in [4.69, 9.17) is 0 Å². The van der Waals surface area contributed by atoms with E-state index in [9.17, 15) is 4.79 Å². The molecule has 0 bridgehead atoms. The summed E-state index contributed by atoms with van der Waals surface area (Å²) < 4.78 is 0. The first-order valence-electron chi connectivity index (χ1n) is 4.16. The Morgan fingerprint density at radius 3 is 2.85 bits per heavy atom. The Hall–Kier alpha value is -0.960. The van der Waals surface area contributed by atoms with E-state index >= 15 is 0 Å².